The molecule has 4 aromatic rings. The van der Waals surface area contributed by atoms with Crippen molar-refractivity contribution in [2.24, 2.45) is 0 Å². The van der Waals surface area contributed by atoms with Crippen LogP contribution in [0.3, 0.4) is 0 Å². The Balaban J connectivity index is 2.09. The highest BCUT2D eigenvalue weighted by molar-refractivity contribution is 9.10. The van der Waals surface area contributed by atoms with Gasteiger partial charge in [-0.05, 0) is 35.9 Å². The van der Waals surface area contributed by atoms with E-state index in [4.69, 9.17) is 9.15 Å². The first kappa shape index (κ1) is 15.0. The van der Waals surface area contributed by atoms with Crippen LogP contribution in [0.1, 0.15) is 10.4 Å². The molecule has 118 valence electrons. The molecule has 0 bridgehead atoms. The molecule has 24 heavy (non-hydrogen) atoms. The molecule has 0 N–H and O–H groups in total. The first-order chi connectivity index (χ1) is 11.7. The molecule has 0 radical (unpaired) electrons. The van der Waals surface area contributed by atoms with Crippen molar-refractivity contribution in [1.82, 2.24) is 0 Å². The second-order valence-corrected chi connectivity index (χ2v) is 6.41. The van der Waals surface area contributed by atoms with Gasteiger partial charge in [-0.1, -0.05) is 46.3 Å². The molecule has 0 fully saturated rings. The van der Waals surface area contributed by atoms with Crippen LogP contribution < -0.4 is 0 Å². The van der Waals surface area contributed by atoms with Gasteiger partial charge in [-0.3, -0.25) is 0 Å². The lowest BCUT2D eigenvalue weighted by molar-refractivity contribution is 0.0601. The minimum atomic E-state index is -0.361. The SMILES string of the molecule is COC(=O)c1cc(-c2ccc(Br)cc2)c2oc3ccccc3c2c1. The minimum absolute atomic E-state index is 0.361. The van der Waals surface area contributed by atoms with Gasteiger partial charge in [-0.2, -0.15) is 0 Å². The number of hydrogen-bond acceptors (Lipinski definition) is 3. The zero-order valence-electron chi connectivity index (χ0n) is 12.9. The quantitative estimate of drug-likeness (QED) is 0.412. The van der Waals surface area contributed by atoms with Gasteiger partial charge in [0.1, 0.15) is 11.2 Å². The molecule has 0 unspecified atom stereocenters. The Morgan fingerprint density at radius 3 is 2.50 bits per heavy atom. The van der Waals surface area contributed by atoms with Gasteiger partial charge in [0.25, 0.3) is 0 Å². The van der Waals surface area contributed by atoms with E-state index in [-0.39, 0.29) is 5.97 Å². The van der Waals surface area contributed by atoms with Crippen LogP contribution in [0.2, 0.25) is 0 Å². The van der Waals surface area contributed by atoms with Crippen molar-refractivity contribution in [1.29, 1.82) is 0 Å². The molecule has 0 aliphatic carbocycles. The summed E-state index contributed by atoms with van der Waals surface area (Å²) in [6, 6.07) is 19.4. The topological polar surface area (TPSA) is 39.4 Å². The molecule has 3 nitrogen and oxygen atoms in total. The molecule has 0 amide bonds. The highest BCUT2D eigenvalue weighted by atomic mass is 79.9. The van der Waals surface area contributed by atoms with Crippen LogP contribution in [0.15, 0.2) is 69.6 Å². The summed E-state index contributed by atoms with van der Waals surface area (Å²) in [5.41, 5.74) is 3.93. The lowest BCUT2D eigenvalue weighted by Gasteiger charge is -2.06. The van der Waals surface area contributed by atoms with Crippen LogP contribution in [0.25, 0.3) is 33.1 Å². The first-order valence-electron chi connectivity index (χ1n) is 7.47. The number of fused-ring (bicyclic) bond motifs is 3. The third-order valence-corrected chi connectivity index (χ3v) is 4.58. The monoisotopic (exact) mass is 380 g/mol. The molecule has 4 heteroatoms. The van der Waals surface area contributed by atoms with Crippen molar-refractivity contribution < 1.29 is 13.9 Å². The van der Waals surface area contributed by atoms with Crippen molar-refractivity contribution in [2.75, 3.05) is 7.11 Å². The van der Waals surface area contributed by atoms with Gasteiger partial charge in [0.05, 0.1) is 12.7 Å². The molecular formula is C20H13BrO3. The summed E-state index contributed by atoms with van der Waals surface area (Å²) >= 11 is 3.45. The van der Waals surface area contributed by atoms with E-state index in [1.807, 2.05) is 60.7 Å². The fourth-order valence-electron chi connectivity index (χ4n) is 2.91. The predicted octanol–water partition coefficient (Wildman–Crippen LogP) is 5.80. The number of para-hydroxylation sites is 1. The number of benzene rings is 3. The van der Waals surface area contributed by atoms with E-state index in [1.165, 1.54) is 7.11 Å². The zero-order valence-corrected chi connectivity index (χ0v) is 14.5. The molecule has 1 aromatic heterocycles. The molecule has 0 aliphatic rings. The normalized spacial score (nSPS) is 11.1. The summed E-state index contributed by atoms with van der Waals surface area (Å²) in [7, 11) is 1.39. The Morgan fingerprint density at radius 1 is 1.00 bits per heavy atom. The molecule has 1 heterocycles. The van der Waals surface area contributed by atoms with Crippen LogP contribution >= 0.6 is 15.9 Å². The van der Waals surface area contributed by atoms with Crippen molar-refractivity contribution >= 4 is 43.8 Å². The fourth-order valence-corrected chi connectivity index (χ4v) is 3.17. The second-order valence-electron chi connectivity index (χ2n) is 5.50. The Hall–Kier alpha value is -2.59. The van der Waals surface area contributed by atoms with Gasteiger partial charge in [-0.15, -0.1) is 0 Å². The molecule has 0 atom stereocenters. The molecule has 3 aromatic carbocycles. The number of halogens is 1. The summed E-state index contributed by atoms with van der Waals surface area (Å²) in [4.78, 5) is 12.1. The Bertz CT molecular complexity index is 1060. The maximum Gasteiger partial charge on any atom is 0.337 e. The highest BCUT2D eigenvalue weighted by Crippen LogP contribution is 2.37. The van der Waals surface area contributed by atoms with Gasteiger partial charge < -0.3 is 9.15 Å². The van der Waals surface area contributed by atoms with Crippen LogP contribution in [-0.2, 0) is 4.74 Å². The highest BCUT2D eigenvalue weighted by Gasteiger charge is 2.17. The summed E-state index contributed by atoms with van der Waals surface area (Å²) < 4.78 is 12.0. The summed E-state index contributed by atoms with van der Waals surface area (Å²) in [6.45, 7) is 0. The average molecular weight is 381 g/mol. The maximum atomic E-state index is 12.1. The van der Waals surface area contributed by atoms with E-state index in [2.05, 4.69) is 15.9 Å². The molecule has 0 saturated carbocycles. The Kier molecular flexibility index (Phi) is 3.62. The van der Waals surface area contributed by atoms with Gasteiger partial charge in [-0.25, -0.2) is 4.79 Å². The van der Waals surface area contributed by atoms with Crippen molar-refractivity contribution in [3.63, 3.8) is 0 Å². The van der Waals surface area contributed by atoms with E-state index >= 15 is 0 Å². The third kappa shape index (κ3) is 2.39. The minimum Gasteiger partial charge on any atom is -0.465 e. The summed E-state index contributed by atoms with van der Waals surface area (Å²) in [5, 5.41) is 1.89. The number of rotatable bonds is 2. The molecule has 0 saturated heterocycles. The number of carbonyl (C=O) groups is 1. The number of furan rings is 1. The fraction of sp³-hybridized carbons (Fsp3) is 0.0500. The van der Waals surface area contributed by atoms with Gasteiger partial charge in [0.2, 0.25) is 0 Å². The van der Waals surface area contributed by atoms with E-state index < -0.39 is 0 Å². The largest absolute Gasteiger partial charge is 0.465 e. The number of methoxy groups -OCH3 is 1. The van der Waals surface area contributed by atoms with Crippen LogP contribution in [0.4, 0.5) is 0 Å². The van der Waals surface area contributed by atoms with Crippen LogP contribution in [-0.4, -0.2) is 13.1 Å². The summed E-state index contributed by atoms with van der Waals surface area (Å²) in [6.07, 6.45) is 0. The van der Waals surface area contributed by atoms with Crippen molar-refractivity contribution in [2.45, 2.75) is 0 Å². The van der Waals surface area contributed by atoms with Crippen molar-refractivity contribution in [3.8, 4) is 11.1 Å². The molecular weight excluding hydrogens is 368 g/mol. The molecule has 0 aliphatic heterocycles. The first-order valence-corrected chi connectivity index (χ1v) is 8.26. The standard InChI is InChI=1S/C20H13BrO3/c1-23-20(22)13-10-16(12-6-8-14(21)9-7-12)19-17(11-13)15-4-2-3-5-18(15)24-19/h2-11H,1H3. The van der Waals surface area contributed by atoms with E-state index in [9.17, 15) is 4.79 Å². The van der Waals surface area contributed by atoms with Gasteiger partial charge in [0, 0.05) is 20.8 Å². The van der Waals surface area contributed by atoms with Crippen LogP contribution in [0, 0.1) is 0 Å². The van der Waals surface area contributed by atoms with Gasteiger partial charge in [0.15, 0.2) is 0 Å². The van der Waals surface area contributed by atoms with E-state index in [1.54, 1.807) is 0 Å². The van der Waals surface area contributed by atoms with Crippen LogP contribution in [0.5, 0.6) is 0 Å². The second kappa shape index (κ2) is 5.80. The maximum absolute atomic E-state index is 12.1. The van der Waals surface area contributed by atoms with Crippen molar-refractivity contribution in [3.05, 3.63) is 70.7 Å². The number of carbonyl (C=O) groups excluding carboxylic acids is 1. The third-order valence-electron chi connectivity index (χ3n) is 4.05. The van der Waals surface area contributed by atoms with E-state index in [0.717, 1.165) is 37.5 Å². The average Bonchev–Trinajstić information content (AvgIpc) is 2.99. The Morgan fingerprint density at radius 2 is 1.75 bits per heavy atom. The number of esters is 1. The lowest BCUT2D eigenvalue weighted by Crippen LogP contribution is -2.01. The van der Waals surface area contributed by atoms with Gasteiger partial charge >= 0.3 is 5.97 Å². The number of hydrogen-bond donors (Lipinski definition) is 0. The number of ether oxygens (including phenoxy) is 1. The Labute approximate surface area is 147 Å². The lowest BCUT2D eigenvalue weighted by atomic mass is 9.99. The van der Waals surface area contributed by atoms with E-state index in [0.29, 0.717) is 5.56 Å². The molecule has 4 rings (SSSR count). The smallest absolute Gasteiger partial charge is 0.337 e. The molecule has 0 spiro atoms. The summed E-state index contributed by atoms with van der Waals surface area (Å²) in [5.74, 6) is -0.361. The predicted molar refractivity (Wildman–Crippen MR) is 98.2 cm³/mol. The zero-order chi connectivity index (χ0) is 16.7.